The molecule has 1 aromatic carbocycles. The normalized spacial score (nSPS) is 21.4. The number of carbonyl (C=O) groups is 2. The zero-order chi connectivity index (χ0) is 19.7. The molecule has 3 atom stereocenters. The smallest absolute Gasteiger partial charge is 0.251 e. The molecule has 0 bridgehead atoms. The van der Waals surface area contributed by atoms with Crippen LogP contribution in [0.5, 0.6) is 0 Å². The molecule has 2 amide bonds. The minimum absolute atomic E-state index is 0.0110. The van der Waals surface area contributed by atoms with Gasteiger partial charge in [-0.15, -0.1) is 0 Å². The van der Waals surface area contributed by atoms with Crippen LogP contribution in [0.15, 0.2) is 30.5 Å². The fraction of sp³-hybridized carbons (Fsp3) is 0.400. The van der Waals surface area contributed by atoms with Crippen molar-refractivity contribution in [3.8, 4) is 0 Å². The van der Waals surface area contributed by atoms with Gasteiger partial charge in [-0.2, -0.15) is 0 Å². The fourth-order valence-electron chi connectivity index (χ4n) is 3.65. The molecule has 2 heterocycles. The molecule has 0 radical (unpaired) electrons. The van der Waals surface area contributed by atoms with E-state index in [1.54, 1.807) is 31.1 Å². The van der Waals surface area contributed by atoms with Gasteiger partial charge in [0.1, 0.15) is 0 Å². The molecular weight excluding hydrogens is 342 g/mol. The number of hydrogen-bond acceptors (Lipinski definition) is 5. The Labute approximate surface area is 159 Å². The number of nitrogens with zero attached hydrogens (tertiary/aromatic N) is 3. The van der Waals surface area contributed by atoms with E-state index in [0.29, 0.717) is 11.5 Å². The van der Waals surface area contributed by atoms with E-state index < -0.39 is 0 Å². The molecule has 0 unspecified atom stereocenters. The summed E-state index contributed by atoms with van der Waals surface area (Å²) in [4.78, 5) is 35.0. The lowest BCUT2D eigenvalue weighted by atomic mass is 9.82. The molecular formula is C20H25N5O2. The average molecular weight is 367 g/mol. The maximum atomic E-state index is 12.3. The van der Waals surface area contributed by atoms with Crippen molar-refractivity contribution < 1.29 is 9.59 Å². The van der Waals surface area contributed by atoms with E-state index in [0.717, 1.165) is 16.9 Å². The van der Waals surface area contributed by atoms with E-state index in [2.05, 4.69) is 27.5 Å². The second-order valence-corrected chi connectivity index (χ2v) is 6.99. The lowest BCUT2D eigenvalue weighted by Crippen LogP contribution is -2.48. The maximum absolute atomic E-state index is 12.3. The SMILES string of the molecule is CNC(=O)c1ccc2c(c1)[C@H](Nc1nccc(C)n1)[C@@H](C)[C@H](C)N2C(C)=O. The van der Waals surface area contributed by atoms with E-state index in [1.807, 2.05) is 32.0 Å². The number of anilines is 2. The van der Waals surface area contributed by atoms with Crippen molar-refractivity contribution in [1.29, 1.82) is 0 Å². The first kappa shape index (κ1) is 18.8. The summed E-state index contributed by atoms with van der Waals surface area (Å²) in [6.45, 7) is 7.60. The van der Waals surface area contributed by atoms with Crippen LogP contribution < -0.4 is 15.5 Å². The average Bonchev–Trinajstić information content (AvgIpc) is 2.64. The first-order chi connectivity index (χ1) is 12.8. The van der Waals surface area contributed by atoms with Gasteiger partial charge in [0.2, 0.25) is 11.9 Å². The number of hydrogen-bond donors (Lipinski definition) is 2. The number of aromatic nitrogens is 2. The van der Waals surface area contributed by atoms with Crippen LogP contribution in [-0.4, -0.2) is 34.9 Å². The van der Waals surface area contributed by atoms with E-state index in [-0.39, 0.29) is 29.8 Å². The highest BCUT2D eigenvalue weighted by atomic mass is 16.2. The van der Waals surface area contributed by atoms with Crippen LogP contribution in [0.1, 0.15) is 48.4 Å². The Morgan fingerprint density at radius 2 is 1.93 bits per heavy atom. The van der Waals surface area contributed by atoms with Gasteiger partial charge in [-0.3, -0.25) is 9.59 Å². The van der Waals surface area contributed by atoms with Gasteiger partial charge in [0, 0.05) is 49.1 Å². The molecule has 2 aromatic rings. The van der Waals surface area contributed by atoms with Gasteiger partial charge in [0.25, 0.3) is 5.91 Å². The van der Waals surface area contributed by atoms with Gasteiger partial charge in [-0.25, -0.2) is 9.97 Å². The second-order valence-electron chi connectivity index (χ2n) is 6.99. The monoisotopic (exact) mass is 367 g/mol. The highest BCUT2D eigenvalue weighted by Crippen LogP contribution is 2.42. The molecule has 0 spiro atoms. The Balaban J connectivity index is 2.11. The van der Waals surface area contributed by atoms with Crippen molar-refractivity contribution in [2.45, 2.75) is 39.8 Å². The van der Waals surface area contributed by atoms with E-state index in [1.165, 1.54) is 0 Å². The molecule has 0 saturated heterocycles. The molecule has 1 aliphatic rings. The summed E-state index contributed by atoms with van der Waals surface area (Å²) in [6.07, 6.45) is 1.71. The predicted octanol–water partition coefficient (Wildman–Crippen LogP) is 2.69. The Hall–Kier alpha value is -2.96. The summed E-state index contributed by atoms with van der Waals surface area (Å²) in [5, 5.41) is 6.06. The Kier molecular flexibility index (Phi) is 5.12. The quantitative estimate of drug-likeness (QED) is 0.871. The van der Waals surface area contributed by atoms with E-state index in [4.69, 9.17) is 0 Å². The van der Waals surface area contributed by atoms with Crippen LogP contribution in [0, 0.1) is 12.8 Å². The third-order valence-corrected chi connectivity index (χ3v) is 5.22. The highest BCUT2D eigenvalue weighted by molar-refractivity contribution is 5.97. The molecule has 3 rings (SSSR count). The number of nitrogens with one attached hydrogen (secondary N) is 2. The summed E-state index contributed by atoms with van der Waals surface area (Å²) < 4.78 is 0. The van der Waals surface area contributed by atoms with Gasteiger partial charge >= 0.3 is 0 Å². The third kappa shape index (κ3) is 3.49. The molecule has 1 aliphatic heterocycles. The van der Waals surface area contributed by atoms with Crippen LogP contribution in [0.4, 0.5) is 11.6 Å². The molecule has 0 aliphatic carbocycles. The first-order valence-corrected chi connectivity index (χ1v) is 9.05. The summed E-state index contributed by atoms with van der Waals surface area (Å²) in [5.41, 5.74) is 3.13. The van der Waals surface area contributed by atoms with Crippen molar-refractivity contribution in [3.63, 3.8) is 0 Å². The van der Waals surface area contributed by atoms with Crippen LogP contribution >= 0.6 is 0 Å². The Morgan fingerprint density at radius 3 is 2.56 bits per heavy atom. The molecule has 0 saturated carbocycles. The standard InChI is InChI=1S/C20H25N5O2/c1-11-8-9-22-20(23-11)24-18-12(2)13(3)25(14(4)26)17-7-6-15(10-16(17)18)19(27)21-5/h6-10,12-13,18H,1-5H3,(H,21,27)(H,22,23,24)/t12-,13-,18+/m0/s1. The largest absolute Gasteiger partial charge is 0.355 e. The molecule has 2 N–H and O–H groups in total. The van der Waals surface area contributed by atoms with Crippen molar-refractivity contribution in [1.82, 2.24) is 15.3 Å². The summed E-state index contributed by atoms with van der Waals surface area (Å²) in [5.74, 6) is 0.439. The Bertz CT molecular complexity index is 882. The highest BCUT2D eigenvalue weighted by Gasteiger charge is 2.38. The number of rotatable bonds is 3. The van der Waals surface area contributed by atoms with Gasteiger partial charge in [-0.05, 0) is 43.7 Å². The van der Waals surface area contributed by atoms with Crippen molar-refractivity contribution in [2.75, 3.05) is 17.3 Å². The molecule has 7 heteroatoms. The molecule has 27 heavy (non-hydrogen) atoms. The summed E-state index contributed by atoms with van der Waals surface area (Å²) in [7, 11) is 1.60. The topological polar surface area (TPSA) is 87.2 Å². The van der Waals surface area contributed by atoms with Crippen molar-refractivity contribution in [2.24, 2.45) is 5.92 Å². The number of carbonyl (C=O) groups excluding carboxylic acids is 2. The zero-order valence-corrected chi connectivity index (χ0v) is 16.3. The predicted molar refractivity (Wildman–Crippen MR) is 105 cm³/mol. The van der Waals surface area contributed by atoms with Gasteiger partial charge in [0.15, 0.2) is 0 Å². The fourth-order valence-corrected chi connectivity index (χ4v) is 3.65. The number of benzene rings is 1. The van der Waals surface area contributed by atoms with Crippen LogP contribution in [-0.2, 0) is 4.79 Å². The van der Waals surface area contributed by atoms with Gasteiger partial charge in [0.05, 0.1) is 6.04 Å². The van der Waals surface area contributed by atoms with Gasteiger partial charge < -0.3 is 15.5 Å². The summed E-state index contributed by atoms with van der Waals surface area (Å²) in [6, 6.07) is 7.14. The van der Waals surface area contributed by atoms with Crippen LogP contribution in [0.25, 0.3) is 0 Å². The number of aryl methyl sites for hydroxylation is 1. The zero-order valence-electron chi connectivity index (χ0n) is 16.3. The minimum atomic E-state index is -0.163. The van der Waals surface area contributed by atoms with E-state index >= 15 is 0 Å². The van der Waals surface area contributed by atoms with Crippen LogP contribution in [0.3, 0.4) is 0 Å². The van der Waals surface area contributed by atoms with Gasteiger partial charge in [-0.1, -0.05) is 6.92 Å². The van der Waals surface area contributed by atoms with Crippen LogP contribution in [0.2, 0.25) is 0 Å². The second kappa shape index (κ2) is 7.34. The molecule has 0 fully saturated rings. The minimum Gasteiger partial charge on any atom is -0.355 e. The molecule has 1 aromatic heterocycles. The number of fused-ring (bicyclic) bond motifs is 1. The lowest BCUT2D eigenvalue weighted by molar-refractivity contribution is -0.117. The van der Waals surface area contributed by atoms with E-state index in [9.17, 15) is 9.59 Å². The molecule has 142 valence electrons. The van der Waals surface area contributed by atoms with Crippen molar-refractivity contribution >= 4 is 23.5 Å². The lowest BCUT2D eigenvalue weighted by Gasteiger charge is -2.44. The third-order valence-electron chi connectivity index (χ3n) is 5.22. The number of amides is 2. The Morgan fingerprint density at radius 1 is 1.19 bits per heavy atom. The summed E-state index contributed by atoms with van der Waals surface area (Å²) >= 11 is 0. The first-order valence-electron chi connectivity index (χ1n) is 9.05. The maximum Gasteiger partial charge on any atom is 0.251 e. The van der Waals surface area contributed by atoms with Crippen molar-refractivity contribution in [3.05, 3.63) is 47.3 Å². The molecule has 7 nitrogen and oxygen atoms in total.